The van der Waals surface area contributed by atoms with E-state index in [0.717, 1.165) is 16.1 Å². The van der Waals surface area contributed by atoms with Crippen molar-refractivity contribution in [3.8, 4) is 0 Å². The number of nitrogens with zero attached hydrogens (tertiary/aromatic N) is 3. The van der Waals surface area contributed by atoms with E-state index in [1.54, 1.807) is 6.92 Å². The zero-order chi connectivity index (χ0) is 26.5. The predicted octanol–water partition coefficient (Wildman–Crippen LogP) is 2.53. The Labute approximate surface area is 212 Å². The van der Waals surface area contributed by atoms with E-state index in [1.807, 2.05) is 31.2 Å². The average molecular weight is 509 g/mol. The third-order valence-corrected chi connectivity index (χ3v) is 5.88. The first-order valence-electron chi connectivity index (χ1n) is 11.6. The standard InChI is InChI=1S/C26H25FN4O6/c1-3-36-26(35)22-25(34)31(30-29-22)13-20(32)19-14-37-23(17-8-10-18(27)11-9-17)21(19)24(33)28-12-16-6-4-15(2)5-7-16/h4-11,22-23H,3,12-14H2,1-2H3,(H,28,33). The predicted molar refractivity (Wildman–Crippen MR) is 127 cm³/mol. The first-order valence-corrected chi connectivity index (χ1v) is 11.6. The molecule has 2 aromatic carbocycles. The van der Waals surface area contributed by atoms with E-state index in [-0.39, 0.29) is 30.9 Å². The van der Waals surface area contributed by atoms with Gasteiger partial charge in [0, 0.05) is 12.1 Å². The summed E-state index contributed by atoms with van der Waals surface area (Å²) < 4.78 is 24.1. The number of nitrogens with one attached hydrogen (secondary N) is 1. The molecule has 0 spiro atoms. The van der Waals surface area contributed by atoms with Crippen LogP contribution >= 0.6 is 0 Å². The van der Waals surface area contributed by atoms with Gasteiger partial charge in [-0.05, 0) is 37.1 Å². The van der Waals surface area contributed by atoms with Crippen molar-refractivity contribution in [2.24, 2.45) is 10.3 Å². The topological polar surface area (TPSA) is 127 Å². The highest BCUT2D eigenvalue weighted by Gasteiger charge is 2.41. The lowest BCUT2D eigenvalue weighted by molar-refractivity contribution is -0.149. The summed E-state index contributed by atoms with van der Waals surface area (Å²) >= 11 is 0. The molecule has 0 saturated carbocycles. The molecule has 37 heavy (non-hydrogen) atoms. The highest BCUT2D eigenvalue weighted by molar-refractivity contribution is 6.10. The van der Waals surface area contributed by atoms with Crippen LogP contribution in [-0.2, 0) is 35.2 Å². The van der Waals surface area contributed by atoms with Gasteiger partial charge in [0.05, 0.1) is 18.8 Å². The Bertz CT molecular complexity index is 1270. The molecule has 2 heterocycles. The van der Waals surface area contributed by atoms with E-state index in [2.05, 4.69) is 15.7 Å². The van der Waals surface area contributed by atoms with Gasteiger partial charge in [0.15, 0.2) is 5.78 Å². The molecule has 4 rings (SSSR count). The van der Waals surface area contributed by atoms with Crippen molar-refractivity contribution in [2.45, 2.75) is 32.5 Å². The lowest BCUT2D eigenvalue weighted by Crippen LogP contribution is -2.38. The number of Topliss-reactive ketones (excluding diaryl/α,β-unsaturated/α-hetero) is 1. The third-order valence-electron chi connectivity index (χ3n) is 5.88. The maximum atomic E-state index is 13.5. The first-order chi connectivity index (χ1) is 17.8. The fourth-order valence-corrected chi connectivity index (χ4v) is 3.92. The minimum Gasteiger partial charge on any atom is -0.464 e. The third kappa shape index (κ3) is 5.78. The number of benzene rings is 2. The van der Waals surface area contributed by atoms with Crippen LogP contribution in [-0.4, -0.2) is 54.4 Å². The van der Waals surface area contributed by atoms with Gasteiger partial charge in [-0.1, -0.05) is 47.2 Å². The first kappa shape index (κ1) is 25.8. The monoisotopic (exact) mass is 508 g/mol. The number of rotatable bonds is 9. The highest BCUT2D eigenvalue weighted by atomic mass is 19.1. The molecule has 0 aromatic heterocycles. The summed E-state index contributed by atoms with van der Waals surface area (Å²) in [6.45, 7) is 3.07. The second-order valence-corrected chi connectivity index (χ2v) is 8.48. The largest absolute Gasteiger partial charge is 0.464 e. The summed E-state index contributed by atoms with van der Waals surface area (Å²) in [7, 11) is 0. The smallest absolute Gasteiger partial charge is 0.342 e. The van der Waals surface area contributed by atoms with E-state index in [1.165, 1.54) is 24.3 Å². The second kappa shape index (κ2) is 11.2. The van der Waals surface area contributed by atoms with Gasteiger partial charge in [-0.15, -0.1) is 5.11 Å². The summed E-state index contributed by atoms with van der Waals surface area (Å²) in [6, 6.07) is 11.5. The molecule has 1 N–H and O–H groups in total. The molecule has 2 atom stereocenters. The molecule has 192 valence electrons. The van der Waals surface area contributed by atoms with Crippen molar-refractivity contribution in [3.63, 3.8) is 0 Å². The van der Waals surface area contributed by atoms with Gasteiger partial charge < -0.3 is 14.8 Å². The number of carbonyl (C=O) groups excluding carboxylic acids is 4. The number of carbonyl (C=O) groups is 4. The van der Waals surface area contributed by atoms with Crippen LogP contribution in [0.15, 0.2) is 70.0 Å². The fraction of sp³-hybridized carbons (Fsp3) is 0.308. The maximum absolute atomic E-state index is 13.5. The van der Waals surface area contributed by atoms with Crippen LogP contribution in [0, 0.1) is 12.7 Å². The summed E-state index contributed by atoms with van der Waals surface area (Å²) in [6.07, 6.45) is -0.916. The van der Waals surface area contributed by atoms with Crippen LogP contribution in [0.1, 0.15) is 29.7 Å². The van der Waals surface area contributed by atoms with Crippen molar-refractivity contribution in [1.82, 2.24) is 10.3 Å². The second-order valence-electron chi connectivity index (χ2n) is 8.48. The molecule has 0 saturated heterocycles. The van der Waals surface area contributed by atoms with Crippen molar-refractivity contribution >= 4 is 23.6 Å². The van der Waals surface area contributed by atoms with E-state index in [9.17, 15) is 23.6 Å². The van der Waals surface area contributed by atoms with Crippen LogP contribution in [0.5, 0.6) is 0 Å². The van der Waals surface area contributed by atoms with Crippen molar-refractivity contribution < 1.29 is 33.0 Å². The molecular formula is C26H25FN4O6. The molecule has 2 aromatic rings. The Balaban J connectivity index is 1.56. The fourth-order valence-electron chi connectivity index (χ4n) is 3.92. The Kier molecular flexibility index (Phi) is 7.83. The molecule has 10 nitrogen and oxygen atoms in total. The van der Waals surface area contributed by atoms with Gasteiger partial charge in [0.1, 0.15) is 18.5 Å². The zero-order valence-electron chi connectivity index (χ0n) is 20.3. The van der Waals surface area contributed by atoms with Gasteiger partial charge in [-0.2, -0.15) is 0 Å². The molecule has 11 heteroatoms. The van der Waals surface area contributed by atoms with E-state index in [4.69, 9.17) is 9.47 Å². The lowest BCUT2D eigenvalue weighted by atomic mass is 9.96. The summed E-state index contributed by atoms with van der Waals surface area (Å²) in [5.74, 6) is -3.24. The number of ketones is 1. The minimum atomic E-state index is -1.47. The van der Waals surface area contributed by atoms with E-state index < -0.39 is 48.1 Å². The van der Waals surface area contributed by atoms with Crippen LogP contribution in [0.3, 0.4) is 0 Å². The van der Waals surface area contributed by atoms with Crippen molar-refractivity contribution in [1.29, 1.82) is 0 Å². The van der Waals surface area contributed by atoms with Gasteiger partial charge in [-0.25, -0.2) is 14.2 Å². The quantitative estimate of drug-likeness (QED) is 0.410. The number of hydrogen-bond acceptors (Lipinski definition) is 8. The molecule has 2 aliphatic rings. The number of halogens is 1. The molecule has 0 aliphatic carbocycles. The number of aryl methyl sites for hydroxylation is 1. The van der Waals surface area contributed by atoms with Gasteiger partial charge in [0.2, 0.25) is 6.04 Å². The molecule has 0 radical (unpaired) electrons. The molecule has 0 bridgehead atoms. The van der Waals surface area contributed by atoms with Gasteiger partial charge in [-0.3, -0.25) is 14.4 Å². The molecule has 2 amide bonds. The van der Waals surface area contributed by atoms with E-state index >= 15 is 0 Å². The van der Waals surface area contributed by atoms with E-state index in [0.29, 0.717) is 5.56 Å². The Hall–Kier alpha value is -4.25. The Morgan fingerprint density at radius 1 is 1.14 bits per heavy atom. The normalized spacial score (nSPS) is 18.9. The Morgan fingerprint density at radius 2 is 1.84 bits per heavy atom. The molecule has 2 aliphatic heterocycles. The summed E-state index contributed by atoms with van der Waals surface area (Å²) in [5.41, 5.74) is 2.54. The lowest BCUT2D eigenvalue weighted by Gasteiger charge is -2.16. The summed E-state index contributed by atoms with van der Waals surface area (Å²) in [5, 5.41) is 10.8. The van der Waals surface area contributed by atoms with Crippen molar-refractivity contribution in [2.75, 3.05) is 19.8 Å². The number of amides is 2. The average Bonchev–Trinajstić information content (AvgIpc) is 3.48. The maximum Gasteiger partial charge on any atom is 0.342 e. The van der Waals surface area contributed by atoms with Gasteiger partial charge >= 0.3 is 5.97 Å². The molecule has 2 unspecified atom stereocenters. The van der Waals surface area contributed by atoms with Crippen LogP contribution in [0.4, 0.5) is 4.39 Å². The van der Waals surface area contributed by atoms with Crippen LogP contribution in [0.25, 0.3) is 0 Å². The molecular weight excluding hydrogens is 483 g/mol. The number of esters is 1. The minimum absolute atomic E-state index is 0.0540. The van der Waals surface area contributed by atoms with Crippen LogP contribution in [0.2, 0.25) is 0 Å². The number of hydrogen-bond donors (Lipinski definition) is 1. The zero-order valence-corrected chi connectivity index (χ0v) is 20.3. The van der Waals surface area contributed by atoms with Crippen LogP contribution < -0.4 is 5.32 Å². The van der Waals surface area contributed by atoms with Crippen molar-refractivity contribution in [3.05, 3.63) is 82.2 Å². The summed E-state index contributed by atoms with van der Waals surface area (Å²) in [4.78, 5) is 50.9. The number of ether oxygens (including phenoxy) is 2. The highest BCUT2D eigenvalue weighted by Crippen LogP contribution is 2.35. The SMILES string of the molecule is CCOC(=O)C1N=NN(CC(=O)C2=C(C(=O)NCc3ccc(C)cc3)C(c3ccc(F)cc3)OC2)C1=O. The molecule has 0 fully saturated rings. The van der Waals surface area contributed by atoms with Gasteiger partial charge in [0.25, 0.3) is 11.8 Å². The Morgan fingerprint density at radius 3 is 2.51 bits per heavy atom.